The zero-order valence-corrected chi connectivity index (χ0v) is 10.9. The highest BCUT2D eigenvalue weighted by Gasteiger charge is 2.24. The van der Waals surface area contributed by atoms with Crippen molar-refractivity contribution < 1.29 is 0 Å². The van der Waals surface area contributed by atoms with Gasteiger partial charge in [0.05, 0.1) is 0 Å². The van der Waals surface area contributed by atoms with Crippen LogP contribution >= 0.6 is 0 Å². The van der Waals surface area contributed by atoms with Crippen molar-refractivity contribution in [1.29, 1.82) is 0 Å². The molecule has 0 amide bonds. The summed E-state index contributed by atoms with van der Waals surface area (Å²) in [6.45, 7) is 8.56. The van der Waals surface area contributed by atoms with E-state index >= 15 is 0 Å². The van der Waals surface area contributed by atoms with Crippen molar-refractivity contribution in [2.45, 2.75) is 44.7 Å². The van der Waals surface area contributed by atoms with Gasteiger partial charge >= 0.3 is 0 Å². The van der Waals surface area contributed by atoms with Crippen LogP contribution in [0.3, 0.4) is 0 Å². The summed E-state index contributed by atoms with van der Waals surface area (Å²) in [6.07, 6.45) is 5.58. The second-order valence-electron chi connectivity index (χ2n) is 5.61. The summed E-state index contributed by atoms with van der Waals surface area (Å²) in [4.78, 5) is 5.12. The van der Waals surface area contributed by atoms with Crippen molar-refractivity contribution in [1.82, 2.24) is 15.1 Å². The molecular weight excluding hydrogens is 198 g/mol. The zero-order chi connectivity index (χ0) is 11.4. The topological polar surface area (TPSA) is 18.5 Å². The van der Waals surface area contributed by atoms with E-state index in [4.69, 9.17) is 0 Å². The van der Waals surface area contributed by atoms with Crippen LogP contribution < -0.4 is 5.32 Å². The van der Waals surface area contributed by atoms with E-state index in [1.165, 1.54) is 58.4 Å². The quantitative estimate of drug-likeness (QED) is 0.761. The predicted octanol–water partition coefficient (Wildman–Crippen LogP) is 1.15. The highest BCUT2D eigenvalue weighted by Crippen LogP contribution is 2.13. The van der Waals surface area contributed by atoms with Crippen LogP contribution in [-0.4, -0.2) is 61.7 Å². The fraction of sp³-hybridized carbons (Fsp3) is 1.00. The lowest BCUT2D eigenvalue weighted by atomic mass is 10.1. The molecule has 2 fully saturated rings. The molecule has 2 aliphatic rings. The number of nitrogens with one attached hydrogen (secondary N) is 1. The van der Waals surface area contributed by atoms with Crippen molar-refractivity contribution in [3.8, 4) is 0 Å². The standard InChI is InChI=1S/C13H27N3/c1-12-10-15(2)8-9-16(12)11-13-6-4-3-5-7-14-13/h12-14H,3-11H2,1-2H3. The predicted molar refractivity (Wildman–Crippen MR) is 68.8 cm³/mol. The van der Waals surface area contributed by atoms with Crippen LogP contribution in [0.4, 0.5) is 0 Å². The molecule has 2 atom stereocenters. The van der Waals surface area contributed by atoms with Gasteiger partial charge in [-0.3, -0.25) is 4.90 Å². The summed E-state index contributed by atoms with van der Waals surface area (Å²) in [5, 5.41) is 3.71. The van der Waals surface area contributed by atoms with Crippen LogP contribution in [0.1, 0.15) is 32.6 Å². The Morgan fingerprint density at radius 3 is 2.88 bits per heavy atom. The SMILES string of the molecule is CC1CN(C)CCN1CC1CCCCCN1. The van der Waals surface area contributed by atoms with Crippen molar-refractivity contribution in [3.63, 3.8) is 0 Å². The minimum atomic E-state index is 0.726. The Morgan fingerprint density at radius 2 is 2.06 bits per heavy atom. The van der Waals surface area contributed by atoms with Crippen LogP contribution in [0.15, 0.2) is 0 Å². The summed E-state index contributed by atoms with van der Waals surface area (Å²) in [6, 6.07) is 1.47. The van der Waals surface area contributed by atoms with Crippen LogP contribution in [0.25, 0.3) is 0 Å². The van der Waals surface area contributed by atoms with Gasteiger partial charge in [0.2, 0.25) is 0 Å². The molecule has 2 saturated heterocycles. The van der Waals surface area contributed by atoms with Crippen LogP contribution in [0, 0.1) is 0 Å². The molecule has 0 radical (unpaired) electrons. The first-order valence-electron chi connectivity index (χ1n) is 6.91. The normalized spacial score (nSPS) is 34.9. The Kier molecular flexibility index (Phi) is 4.62. The van der Waals surface area contributed by atoms with Crippen molar-refractivity contribution in [2.75, 3.05) is 39.8 Å². The van der Waals surface area contributed by atoms with E-state index in [0.29, 0.717) is 0 Å². The molecule has 2 unspecified atom stereocenters. The van der Waals surface area contributed by atoms with E-state index in [0.717, 1.165) is 12.1 Å². The van der Waals surface area contributed by atoms with Gasteiger partial charge in [-0.15, -0.1) is 0 Å². The molecule has 0 aromatic heterocycles. The van der Waals surface area contributed by atoms with E-state index in [1.807, 2.05) is 0 Å². The molecule has 1 N–H and O–H groups in total. The molecule has 2 rings (SSSR count). The Bertz CT molecular complexity index is 199. The first kappa shape index (κ1) is 12.3. The van der Waals surface area contributed by atoms with Gasteiger partial charge < -0.3 is 10.2 Å². The van der Waals surface area contributed by atoms with Gasteiger partial charge in [0.25, 0.3) is 0 Å². The summed E-state index contributed by atoms with van der Waals surface area (Å²) in [5.41, 5.74) is 0. The third kappa shape index (κ3) is 3.44. The average Bonchev–Trinajstić information content (AvgIpc) is 2.51. The fourth-order valence-electron chi connectivity index (χ4n) is 2.99. The number of nitrogens with zero attached hydrogens (tertiary/aromatic N) is 2. The molecule has 0 spiro atoms. The van der Waals surface area contributed by atoms with E-state index in [2.05, 4.69) is 29.1 Å². The van der Waals surface area contributed by atoms with Crippen LogP contribution in [-0.2, 0) is 0 Å². The maximum Gasteiger partial charge on any atom is 0.0195 e. The lowest BCUT2D eigenvalue weighted by Crippen LogP contribution is -2.54. The highest BCUT2D eigenvalue weighted by molar-refractivity contribution is 4.82. The van der Waals surface area contributed by atoms with E-state index in [1.54, 1.807) is 0 Å². The van der Waals surface area contributed by atoms with Gasteiger partial charge in [0, 0.05) is 38.3 Å². The lowest BCUT2D eigenvalue weighted by molar-refractivity contribution is 0.0899. The van der Waals surface area contributed by atoms with Crippen LogP contribution in [0.2, 0.25) is 0 Å². The Morgan fingerprint density at radius 1 is 1.19 bits per heavy atom. The molecule has 0 aromatic rings. The smallest absolute Gasteiger partial charge is 0.0195 e. The summed E-state index contributed by atoms with van der Waals surface area (Å²) >= 11 is 0. The molecule has 3 heteroatoms. The molecule has 0 aliphatic carbocycles. The third-order valence-electron chi connectivity index (χ3n) is 4.09. The van der Waals surface area contributed by atoms with Gasteiger partial charge in [-0.2, -0.15) is 0 Å². The summed E-state index contributed by atoms with van der Waals surface area (Å²) in [7, 11) is 2.23. The van der Waals surface area contributed by atoms with E-state index < -0.39 is 0 Å². The molecular formula is C13H27N3. The number of likely N-dealkylation sites (N-methyl/N-ethyl adjacent to an activating group) is 1. The minimum absolute atomic E-state index is 0.726. The maximum absolute atomic E-state index is 3.71. The lowest BCUT2D eigenvalue weighted by Gasteiger charge is -2.40. The van der Waals surface area contributed by atoms with Crippen molar-refractivity contribution >= 4 is 0 Å². The van der Waals surface area contributed by atoms with Crippen molar-refractivity contribution in [2.24, 2.45) is 0 Å². The summed E-state index contributed by atoms with van der Waals surface area (Å²) < 4.78 is 0. The summed E-state index contributed by atoms with van der Waals surface area (Å²) in [5.74, 6) is 0. The van der Waals surface area contributed by atoms with Gasteiger partial charge in [0.15, 0.2) is 0 Å². The molecule has 0 aromatic carbocycles. The number of rotatable bonds is 2. The van der Waals surface area contributed by atoms with Gasteiger partial charge in [-0.25, -0.2) is 0 Å². The minimum Gasteiger partial charge on any atom is -0.313 e. The molecule has 0 saturated carbocycles. The van der Waals surface area contributed by atoms with Gasteiger partial charge in [-0.1, -0.05) is 12.8 Å². The van der Waals surface area contributed by atoms with Gasteiger partial charge in [0.1, 0.15) is 0 Å². The molecule has 16 heavy (non-hydrogen) atoms. The third-order valence-corrected chi connectivity index (χ3v) is 4.09. The second kappa shape index (κ2) is 5.99. The van der Waals surface area contributed by atoms with E-state index in [-0.39, 0.29) is 0 Å². The molecule has 94 valence electrons. The van der Waals surface area contributed by atoms with Crippen LogP contribution in [0.5, 0.6) is 0 Å². The largest absolute Gasteiger partial charge is 0.313 e. The molecule has 0 bridgehead atoms. The Labute approximate surface area is 100 Å². The molecule has 2 heterocycles. The molecule has 3 nitrogen and oxygen atoms in total. The Hall–Kier alpha value is -0.120. The highest BCUT2D eigenvalue weighted by atomic mass is 15.3. The monoisotopic (exact) mass is 225 g/mol. The number of hydrogen-bond acceptors (Lipinski definition) is 3. The zero-order valence-electron chi connectivity index (χ0n) is 10.9. The fourth-order valence-corrected chi connectivity index (χ4v) is 2.99. The van der Waals surface area contributed by atoms with E-state index in [9.17, 15) is 0 Å². The molecule has 2 aliphatic heterocycles. The first-order valence-corrected chi connectivity index (χ1v) is 6.91. The average molecular weight is 225 g/mol. The second-order valence-corrected chi connectivity index (χ2v) is 5.61. The van der Waals surface area contributed by atoms with Gasteiger partial charge in [-0.05, 0) is 33.4 Å². The van der Waals surface area contributed by atoms with Crippen molar-refractivity contribution in [3.05, 3.63) is 0 Å². The first-order chi connectivity index (χ1) is 7.75. The Balaban J connectivity index is 1.79. The maximum atomic E-state index is 3.71. The number of hydrogen-bond donors (Lipinski definition) is 1. The number of piperazine rings is 1.